The van der Waals surface area contributed by atoms with Gasteiger partial charge in [-0.2, -0.15) is 5.26 Å². The second kappa shape index (κ2) is 9.55. The first-order chi connectivity index (χ1) is 12.6. The SMILES string of the molecule is CC(C#N)=CC=Cc1ccccc1.O=C1C=CC(=O)N1c1ccccc1. The highest BCUT2D eigenvalue weighted by molar-refractivity contribution is 6.28. The lowest BCUT2D eigenvalue weighted by Gasteiger charge is -2.12. The number of anilines is 1. The summed E-state index contributed by atoms with van der Waals surface area (Å²) < 4.78 is 0. The fraction of sp³-hybridized carbons (Fsp3) is 0.0455. The van der Waals surface area contributed by atoms with Crippen LogP contribution >= 0.6 is 0 Å². The van der Waals surface area contributed by atoms with E-state index in [4.69, 9.17) is 5.26 Å². The van der Waals surface area contributed by atoms with E-state index in [1.54, 1.807) is 37.3 Å². The van der Waals surface area contributed by atoms with Crippen molar-refractivity contribution >= 4 is 23.6 Å². The third-order valence-electron chi connectivity index (χ3n) is 3.43. The van der Waals surface area contributed by atoms with Crippen molar-refractivity contribution in [3.05, 3.63) is 96.1 Å². The summed E-state index contributed by atoms with van der Waals surface area (Å²) in [6.45, 7) is 1.79. The van der Waals surface area contributed by atoms with Crippen LogP contribution in [-0.2, 0) is 9.59 Å². The first-order valence-electron chi connectivity index (χ1n) is 8.03. The lowest BCUT2D eigenvalue weighted by molar-refractivity contribution is -0.119. The molecular weight excluding hydrogens is 324 g/mol. The van der Waals surface area contributed by atoms with Gasteiger partial charge in [0, 0.05) is 17.7 Å². The molecule has 0 radical (unpaired) electrons. The molecule has 1 heterocycles. The lowest BCUT2D eigenvalue weighted by atomic mass is 10.2. The molecule has 4 heteroatoms. The van der Waals surface area contributed by atoms with Crippen LogP contribution in [0.4, 0.5) is 5.69 Å². The van der Waals surface area contributed by atoms with E-state index in [2.05, 4.69) is 6.07 Å². The van der Waals surface area contributed by atoms with Gasteiger partial charge < -0.3 is 0 Å². The molecule has 0 aromatic heterocycles. The summed E-state index contributed by atoms with van der Waals surface area (Å²) in [4.78, 5) is 23.5. The van der Waals surface area contributed by atoms with Gasteiger partial charge in [-0.1, -0.05) is 60.7 Å². The molecule has 2 aromatic rings. The standard InChI is InChI=1S/C12H11N.C10H7NO2/c1-11(10-13)6-5-9-12-7-3-2-4-8-12;12-9-6-7-10(13)11(9)8-4-2-1-3-5-8/h2-9H,1H3;1-7H. The minimum absolute atomic E-state index is 0.281. The van der Waals surface area contributed by atoms with Crippen LogP contribution < -0.4 is 4.90 Å². The van der Waals surface area contributed by atoms with Crippen LogP contribution in [0.25, 0.3) is 6.08 Å². The Labute approximate surface area is 153 Å². The van der Waals surface area contributed by atoms with E-state index < -0.39 is 0 Å². The Hall–Kier alpha value is -3.71. The normalized spacial score (nSPS) is 13.5. The molecular formula is C22H18N2O2. The summed E-state index contributed by atoms with van der Waals surface area (Å²) in [5, 5.41) is 8.48. The average Bonchev–Trinajstić information content (AvgIpc) is 3.02. The van der Waals surface area contributed by atoms with Crippen molar-refractivity contribution in [2.75, 3.05) is 4.90 Å². The first kappa shape index (κ1) is 18.6. The van der Waals surface area contributed by atoms with Crippen LogP contribution in [0.15, 0.2) is 90.5 Å². The largest absolute Gasteiger partial charge is 0.269 e. The van der Waals surface area contributed by atoms with Crippen molar-refractivity contribution in [2.45, 2.75) is 6.92 Å². The molecule has 3 rings (SSSR count). The Morgan fingerprint density at radius 1 is 0.923 bits per heavy atom. The predicted octanol–water partition coefficient (Wildman–Crippen LogP) is 4.29. The Morgan fingerprint density at radius 2 is 1.46 bits per heavy atom. The second-order valence-corrected chi connectivity index (χ2v) is 5.41. The quantitative estimate of drug-likeness (QED) is 0.475. The third kappa shape index (κ3) is 5.43. The van der Waals surface area contributed by atoms with Crippen molar-refractivity contribution in [2.24, 2.45) is 0 Å². The van der Waals surface area contributed by atoms with Crippen LogP contribution in [-0.4, -0.2) is 11.8 Å². The van der Waals surface area contributed by atoms with Crippen LogP contribution in [0.2, 0.25) is 0 Å². The highest BCUT2D eigenvalue weighted by atomic mass is 16.2. The lowest BCUT2D eigenvalue weighted by Crippen LogP contribution is -2.29. The number of imide groups is 1. The number of carbonyl (C=O) groups excluding carboxylic acids is 2. The maximum Gasteiger partial charge on any atom is 0.258 e. The number of carbonyl (C=O) groups is 2. The monoisotopic (exact) mass is 342 g/mol. The number of para-hydroxylation sites is 1. The van der Waals surface area contributed by atoms with Gasteiger partial charge in [-0.15, -0.1) is 0 Å². The number of rotatable bonds is 3. The van der Waals surface area contributed by atoms with Gasteiger partial charge in [0.15, 0.2) is 0 Å². The van der Waals surface area contributed by atoms with E-state index in [0.717, 1.165) is 10.5 Å². The Morgan fingerprint density at radius 3 is 2.00 bits per heavy atom. The Bertz CT molecular complexity index is 871. The van der Waals surface area contributed by atoms with Crippen LogP contribution in [0.1, 0.15) is 12.5 Å². The topological polar surface area (TPSA) is 61.2 Å². The smallest absolute Gasteiger partial charge is 0.258 e. The van der Waals surface area contributed by atoms with Crippen molar-refractivity contribution in [1.29, 1.82) is 5.26 Å². The minimum Gasteiger partial charge on any atom is -0.269 e. The fourth-order valence-electron chi connectivity index (χ4n) is 2.14. The molecule has 0 atom stereocenters. The number of benzene rings is 2. The Kier molecular flexibility index (Phi) is 6.84. The molecule has 0 bridgehead atoms. The fourth-order valence-corrected chi connectivity index (χ4v) is 2.14. The molecule has 0 spiro atoms. The highest BCUT2D eigenvalue weighted by Crippen LogP contribution is 2.17. The summed E-state index contributed by atoms with van der Waals surface area (Å²) in [6, 6.07) is 20.9. The molecule has 0 aliphatic carbocycles. The maximum absolute atomic E-state index is 11.2. The summed E-state index contributed by atoms with van der Waals surface area (Å²) in [5.41, 5.74) is 2.47. The molecule has 0 N–H and O–H groups in total. The summed E-state index contributed by atoms with van der Waals surface area (Å²) in [5.74, 6) is -0.563. The van der Waals surface area contributed by atoms with Gasteiger partial charge in [0.25, 0.3) is 11.8 Å². The molecule has 0 saturated heterocycles. The third-order valence-corrected chi connectivity index (χ3v) is 3.43. The average molecular weight is 342 g/mol. The van der Waals surface area contributed by atoms with Gasteiger partial charge in [-0.25, -0.2) is 4.90 Å². The summed E-state index contributed by atoms with van der Waals surface area (Å²) in [7, 11) is 0. The summed E-state index contributed by atoms with van der Waals surface area (Å²) in [6.07, 6.45) is 8.20. The van der Waals surface area contributed by atoms with Crippen molar-refractivity contribution in [3.63, 3.8) is 0 Å². The molecule has 0 unspecified atom stereocenters. The van der Waals surface area contributed by atoms with Gasteiger partial charge >= 0.3 is 0 Å². The number of nitrogens with zero attached hydrogens (tertiary/aromatic N) is 2. The maximum atomic E-state index is 11.2. The van der Waals surface area contributed by atoms with Crippen LogP contribution in [0, 0.1) is 11.3 Å². The van der Waals surface area contributed by atoms with Gasteiger partial charge in [0.1, 0.15) is 0 Å². The molecule has 2 aromatic carbocycles. The summed E-state index contributed by atoms with van der Waals surface area (Å²) >= 11 is 0. The molecule has 1 aliphatic rings. The van der Waals surface area contributed by atoms with E-state index in [1.165, 1.54) is 12.2 Å². The van der Waals surface area contributed by atoms with Gasteiger partial charge in [0.05, 0.1) is 11.8 Å². The van der Waals surface area contributed by atoms with E-state index in [9.17, 15) is 9.59 Å². The number of amides is 2. The van der Waals surface area contributed by atoms with Crippen LogP contribution in [0.5, 0.6) is 0 Å². The molecule has 0 saturated carbocycles. The van der Waals surface area contributed by atoms with Crippen molar-refractivity contribution in [1.82, 2.24) is 0 Å². The van der Waals surface area contributed by atoms with Crippen molar-refractivity contribution < 1.29 is 9.59 Å². The van der Waals surface area contributed by atoms with Crippen LogP contribution in [0.3, 0.4) is 0 Å². The zero-order valence-electron chi connectivity index (χ0n) is 14.4. The van der Waals surface area contributed by atoms with E-state index in [1.807, 2.05) is 48.6 Å². The molecule has 2 amide bonds. The molecule has 4 nitrogen and oxygen atoms in total. The molecule has 1 aliphatic heterocycles. The van der Waals surface area contributed by atoms with Gasteiger partial charge in [-0.3, -0.25) is 9.59 Å². The zero-order valence-corrected chi connectivity index (χ0v) is 14.4. The number of nitriles is 1. The number of allylic oxidation sites excluding steroid dienone is 3. The Balaban J connectivity index is 0.000000187. The minimum atomic E-state index is -0.281. The second-order valence-electron chi connectivity index (χ2n) is 5.41. The molecule has 26 heavy (non-hydrogen) atoms. The zero-order chi connectivity index (χ0) is 18.8. The van der Waals surface area contributed by atoms with Gasteiger partial charge in [0.2, 0.25) is 0 Å². The number of hydrogen-bond acceptors (Lipinski definition) is 3. The van der Waals surface area contributed by atoms with Gasteiger partial charge in [-0.05, 0) is 30.7 Å². The molecule has 128 valence electrons. The van der Waals surface area contributed by atoms with E-state index in [0.29, 0.717) is 11.3 Å². The highest BCUT2D eigenvalue weighted by Gasteiger charge is 2.24. The van der Waals surface area contributed by atoms with E-state index >= 15 is 0 Å². The number of hydrogen-bond donors (Lipinski definition) is 0. The van der Waals surface area contributed by atoms with E-state index in [-0.39, 0.29) is 11.8 Å². The molecule has 0 fully saturated rings. The first-order valence-corrected chi connectivity index (χ1v) is 8.03. The predicted molar refractivity (Wildman–Crippen MR) is 103 cm³/mol. The van der Waals surface area contributed by atoms with Crippen molar-refractivity contribution in [3.8, 4) is 6.07 Å².